The quantitative estimate of drug-likeness (QED) is 0.832. The molecule has 0 radical (unpaired) electrons. The summed E-state index contributed by atoms with van der Waals surface area (Å²) in [5.74, 6) is -0.611. The van der Waals surface area contributed by atoms with Crippen LogP contribution >= 0.6 is 28.3 Å². The molecule has 1 aromatic carbocycles. The normalized spacial score (nSPS) is 25.0. The van der Waals surface area contributed by atoms with Crippen LogP contribution in [0.15, 0.2) is 22.7 Å². The van der Waals surface area contributed by atoms with Gasteiger partial charge in [-0.2, -0.15) is 0 Å². The highest BCUT2D eigenvalue weighted by Gasteiger charge is 2.38. The van der Waals surface area contributed by atoms with E-state index in [1.165, 1.54) is 6.07 Å². The van der Waals surface area contributed by atoms with Gasteiger partial charge in [-0.25, -0.2) is 4.39 Å². The van der Waals surface area contributed by atoms with Crippen molar-refractivity contribution in [1.82, 2.24) is 10.2 Å². The van der Waals surface area contributed by atoms with Gasteiger partial charge >= 0.3 is 0 Å². The van der Waals surface area contributed by atoms with Crippen molar-refractivity contribution in [2.45, 2.75) is 31.3 Å². The number of hydrogen-bond acceptors (Lipinski definition) is 2. The van der Waals surface area contributed by atoms with Crippen LogP contribution in [-0.2, 0) is 0 Å². The highest BCUT2D eigenvalue weighted by Crippen LogP contribution is 2.30. The van der Waals surface area contributed by atoms with E-state index in [9.17, 15) is 9.18 Å². The average Bonchev–Trinajstić information content (AvgIpc) is 2.65. The molecule has 0 saturated carbocycles. The second-order valence-corrected chi connectivity index (χ2v) is 6.13. The number of carbonyl (C=O) groups excluding carboxylic acids is 1. The molecule has 2 fully saturated rings. The van der Waals surface area contributed by atoms with Crippen LogP contribution in [0, 0.1) is 5.82 Å². The third-order valence-electron chi connectivity index (χ3n) is 4.05. The third kappa shape index (κ3) is 2.85. The number of hydrogen-bond donors (Lipinski definition) is 1. The van der Waals surface area contributed by atoms with Crippen LogP contribution in [0.2, 0.25) is 0 Å². The number of fused-ring (bicyclic) bond motifs is 2. The van der Waals surface area contributed by atoms with Gasteiger partial charge in [0.05, 0.1) is 5.56 Å². The van der Waals surface area contributed by atoms with Gasteiger partial charge < -0.3 is 10.2 Å². The highest BCUT2D eigenvalue weighted by atomic mass is 79.9. The molecule has 2 aliphatic heterocycles. The van der Waals surface area contributed by atoms with E-state index >= 15 is 0 Å². The minimum atomic E-state index is -0.440. The summed E-state index contributed by atoms with van der Waals surface area (Å²) < 4.78 is 14.6. The Bertz CT molecular complexity index is 500. The van der Waals surface area contributed by atoms with E-state index in [4.69, 9.17) is 0 Å². The van der Waals surface area contributed by atoms with Gasteiger partial charge in [-0.15, -0.1) is 12.4 Å². The van der Waals surface area contributed by atoms with E-state index in [2.05, 4.69) is 21.2 Å². The molecule has 2 saturated heterocycles. The van der Waals surface area contributed by atoms with Gasteiger partial charge in [0, 0.05) is 23.1 Å². The first-order valence-electron chi connectivity index (χ1n) is 6.65. The van der Waals surface area contributed by atoms with Crippen molar-refractivity contribution in [1.29, 1.82) is 0 Å². The molecular formula is C14H17BrClFN2O. The molecule has 2 atom stereocenters. The summed E-state index contributed by atoms with van der Waals surface area (Å²) in [5, 5.41) is 3.34. The SMILES string of the molecule is Cl.O=C(c1cc(Br)ccc1F)N1C2CCNCC1CC2. The minimum absolute atomic E-state index is 0. The molecule has 110 valence electrons. The Labute approximate surface area is 132 Å². The molecule has 0 aliphatic carbocycles. The molecule has 0 spiro atoms. The smallest absolute Gasteiger partial charge is 0.257 e. The first-order chi connectivity index (χ1) is 9.16. The lowest BCUT2D eigenvalue weighted by atomic mass is 10.1. The zero-order chi connectivity index (χ0) is 13.4. The van der Waals surface area contributed by atoms with Crippen molar-refractivity contribution in [2.24, 2.45) is 0 Å². The van der Waals surface area contributed by atoms with Gasteiger partial charge in [0.25, 0.3) is 5.91 Å². The summed E-state index contributed by atoms with van der Waals surface area (Å²) in [6.07, 6.45) is 3.00. The number of benzene rings is 1. The van der Waals surface area contributed by atoms with Gasteiger partial charge in [0.2, 0.25) is 0 Å². The second-order valence-electron chi connectivity index (χ2n) is 5.21. The highest BCUT2D eigenvalue weighted by molar-refractivity contribution is 9.10. The van der Waals surface area contributed by atoms with Crippen molar-refractivity contribution < 1.29 is 9.18 Å². The fourth-order valence-corrected chi connectivity index (χ4v) is 3.48. The summed E-state index contributed by atoms with van der Waals surface area (Å²) in [6.45, 7) is 1.75. The molecule has 0 aromatic heterocycles. The third-order valence-corrected chi connectivity index (χ3v) is 4.54. The lowest BCUT2D eigenvalue weighted by molar-refractivity contribution is 0.0675. The van der Waals surface area contributed by atoms with E-state index < -0.39 is 5.82 Å². The summed E-state index contributed by atoms with van der Waals surface area (Å²) in [4.78, 5) is 14.5. The van der Waals surface area contributed by atoms with E-state index in [0.717, 1.165) is 36.8 Å². The van der Waals surface area contributed by atoms with Crippen LogP contribution < -0.4 is 5.32 Å². The number of rotatable bonds is 1. The fourth-order valence-electron chi connectivity index (χ4n) is 3.11. The van der Waals surface area contributed by atoms with Gasteiger partial charge in [-0.1, -0.05) is 15.9 Å². The number of carbonyl (C=O) groups is 1. The Kier molecular flexibility index (Phi) is 5.04. The Morgan fingerprint density at radius 1 is 1.30 bits per heavy atom. The van der Waals surface area contributed by atoms with Gasteiger partial charge in [0.15, 0.2) is 0 Å². The lowest BCUT2D eigenvalue weighted by Crippen LogP contribution is -2.42. The first-order valence-corrected chi connectivity index (χ1v) is 7.44. The average molecular weight is 364 g/mol. The van der Waals surface area contributed by atoms with Gasteiger partial charge in [0.1, 0.15) is 5.82 Å². The summed E-state index contributed by atoms with van der Waals surface area (Å²) in [5.41, 5.74) is 0.174. The summed E-state index contributed by atoms with van der Waals surface area (Å²) in [7, 11) is 0. The van der Waals surface area contributed by atoms with Crippen LogP contribution in [0.25, 0.3) is 0 Å². The monoisotopic (exact) mass is 362 g/mol. The Balaban J connectivity index is 0.00000147. The number of nitrogens with one attached hydrogen (secondary N) is 1. The van der Waals surface area contributed by atoms with E-state index in [0.29, 0.717) is 0 Å². The van der Waals surface area contributed by atoms with Crippen molar-refractivity contribution in [2.75, 3.05) is 13.1 Å². The van der Waals surface area contributed by atoms with E-state index in [1.807, 2.05) is 4.90 Å². The van der Waals surface area contributed by atoms with Crippen molar-refractivity contribution in [3.63, 3.8) is 0 Å². The molecule has 2 heterocycles. The molecule has 1 amide bonds. The maximum absolute atomic E-state index is 13.9. The van der Waals surface area contributed by atoms with Crippen molar-refractivity contribution in [3.8, 4) is 0 Å². The molecule has 20 heavy (non-hydrogen) atoms. The molecule has 3 rings (SSSR count). The Morgan fingerprint density at radius 2 is 2.05 bits per heavy atom. The van der Waals surface area contributed by atoms with Crippen molar-refractivity contribution >= 4 is 34.2 Å². The predicted octanol–water partition coefficient (Wildman–Crippen LogP) is 2.98. The van der Waals surface area contributed by atoms with Crippen LogP contribution in [0.3, 0.4) is 0 Å². The maximum atomic E-state index is 13.9. The molecule has 1 N–H and O–H groups in total. The minimum Gasteiger partial charge on any atom is -0.331 e. The van der Waals surface area contributed by atoms with Crippen LogP contribution in [0.4, 0.5) is 4.39 Å². The van der Waals surface area contributed by atoms with Gasteiger partial charge in [-0.05, 0) is 44.0 Å². The Morgan fingerprint density at radius 3 is 2.85 bits per heavy atom. The maximum Gasteiger partial charge on any atom is 0.257 e. The topological polar surface area (TPSA) is 32.3 Å². The second kappa shape index (κ2) is 6.41. The first kappa shape index (κ1) is 15.7. The predicted molar refractivity (Wildman–Crippen MR) is 81.8 cm³/mol. The molecule has 2 aliphatic rings. The zero-order valence-electron chi connectivity index (χ0n) is 10.9. The van der Waals surface area contributed by atoms with Crippen LogP contribution in [-0.4, -0.2) is 36.0 Å². The fraction of sp³-hybridized carbons (Fsp3) is 0.500. The summed E-state index contributed by atoms with van der Waals surface area (Å²) >= 11 is 3.30. The molecular weight excluding hydrogens is 347 g/mol. The standard InChI is InChI=1S/C14H16BrFN2O.ClH/c15-9-1-4-13(16)12(7-9)14(19)18-10-2-3-11(18)8-17-6-5-10;/h1,4,7,10-11,17H,2-3,5-6,8H2;1H. The van der Waals surface area contributed by atoms with Crippen molar-refractivity contribution in [3.05, 3.63) is 34.1 Å². The van der Waals surface area contributed by atoms with E-state index in [-0.39, 0.29) is 36.0 Å². The molecule has 1 aromatic rings. The number of halogens is 3. The summed E-state index contributed by atoms with van der Waals surface area (Å²) in [6, 6.07) is 5.00. The molecule has 3 nitrogen and oxygen atoms in total. The van der Waals surface area contributed by atoms with E-state index in [1.54, 1.807) is 12.1 Å². The lowest BCUT2D eigenvalue weighted by Gasteiger charge is -2.28. The van der Waals surface area contributed by atoms with Crippen LogP contribution in [0.1, 0.15) is 29.6 Å². The Hall–Kier alpha value is -0.650. The number of amides is 1. The molecule has 2 unspecified atom stereocenters. The molecule has 6 heteroatoms. The zero-order valence-corrected chi connectivity index (χ0v) is 13.3. The number of nitrogens with zero attached hydrogens (tertiary/aromatic N) is 1. The molecule has 2 bridgehead atoms. The van der Waals surface area contributed by atoms with Crippen LogP contribution in [0.5, 0.6) is 0 Å². The largest absolute Gasteiger partial charge is 0.331 e. The van der Waals surface area contributed by atoms with Gasteiger partial charge in [-0.3, -0.25) is 4.79 Å².